The highest BCUT2D eigenvalue weighted by molar-refractivity contribution is 6.31. The Morgan fingerprint density at radius 1 is 1.33 bits per heavy atom. The molecule has 3 aromatic rings. The maximum Gasteiger partial charge on any atom is 0.0934 e. The molecule has 0 radical (unpaired) electrons. The Labute approximate surface area is 128 Å². The third-order valence-electron chi connectivity index (χ3n) is 3.34. The molecule has 3 rings (SSSR count). The number of rotatable bonds is 4. The third kappa shape index (κ3) is 3.00. The first-order valence-electron chi connectivity index (χ1n) is 6.94. The van der Waals surface area contributed by atoms with E-state index in [1.165, 1.54) is 0 Å². The van der Waals surface area contributed by atoms with Crippen molar-refractivity contribution >= 4 is 28.2 Å². The number of pyridine rings is 1. The first kappa shape index (κ1) is 13.9. The van der Waals surface area contributed by atoms with Gasteiger partial charge in [0.1, 0.15) is 0 Å². The van der Waals surface area contributed by atoms with E-state index in [0.717, 1.165) is 22.2 Å². The summed E-state index contributed by atoms with van der Waals surface area (Å²) in [7, 11) is 0. The Balaban J connectivity index is 1.84. The molecular weight excluding hydrogens is 284 g/mol. The highest BCUT2D eigenvalue weighted by atomic mass is 35.5. The molecule has 0 aliphatic rings. The minimum atomic E-state index is 0.368. The molecule has 1 N–H and O–H groups in total. The predicted octanol–water partition coefficient (Wildman–Crippen LogP) is 4.28. The van der Waals surface area contributed by atoms with Crippen molar-refractivity contribution in [1.82, 2.24) is 14.8 Å². The lowest BCUT2D eigenvalue weighted by molar-refractivity contribution is 0.532. The Kier molecular flexibility index (Phi) is 3.80. The summed E-state index contributed by atoms with van der Waals surface area (Å²) in [4.78, 5) is 4.43. The van der Waals surface area contributed by atoms with E-state index < -0.39 is 0 Å². The van der Waals surface area contributed by atoms with Crippen LogP contribution >= 0.6 is 11.6 Å². The normalized spacial score (nSPS) is 11.2. The van der Waals surface area contributed by atoms with Crippen molar-refractivity contribution in [3.63, 3.8) is 0 Å². The topological polar surface area (TPSA) is 42.7 Å². The Morgan fingerprint density at radius 2 is 2.19 bits per heavy atom. The Bertz CT molecular complexity index is 764. The number of halogens is 1. The minimum absolute atomic E-state index is 0.368. The molecule has 108 valence electrons. The molecule has 5 heteroatoms. The smallest absolute Gasteiger partial charge is 0.0934 e. The van der Waals surface area contributed by atoms with Crippen LogP contribution in [0.25, 0.3) is 10.9 Å². The molecule has 0 saturated carbocycles. The van der Waals surface area contributed by atoms with Crippen LogP contribution in [0.4, 0.5) is 5.69 Å². The van der Waals surface area contributed by atoms with Gasteiger partial charge in [-0.25, -0.2) is 0 Å². The first-order chi connectivity index (χ1) is 10.1. The van der Waals surface area contributed by atoms with Crippen LogP contribution < -0.4 is 5.32 Å². The van der Waals surface area contributed by atoms with Crippen molar-refractivity contribution in [2.75, 3.05) is 5.32 Å². The highest BCUT2D eigenvalue weighted by Gasteiger charge is 2.06. The maximum atomic E-state index is 6.17. The number of nitrogens with zero attached hydrogens (tertiary/aromatic N) is 3. The Hall–Kier alpha value is -2.07. The average Bonchev–Trinajstić information content (AvgIpc) is 2.93. The van der Waals surface area contributed by atoms with Crippen molar-refractivity contribution in [3.8, 4) is 0 Å². The van der Waals surface area contributed by atoms with Gasteiger partial charge in [0, 0.05) is 41.0 Å². The molecule has 0 aliphatic heterocycles. The standard InChI is InChI=1S/C16H17ClN4/c1-11(2)21-10-12(9-20-21)8-19-15-7-14(17)6-13-4-3-5-18-16(13)15/h3-7,9-11,19H,8H2,1-2H3. The summed E-state index contributed by atoms with van der Waals surface area (Å²) in [6, 6.07) is 8.12. The fourth-order valence-corrected chi connectivity index (χ4v) is 2.47. The van der Waals surface area contributed by atoms with Gasteiger partial charge in [0.15, 0.2) is 0 Å². The van der Waals surface area contributed by atoms with Crippen LogP contribution in [0.2, 0.25) is 5.02 Å². The second-order valence-corrected chi connectivity index (χ2v) is 5.74. The minimum Gasteiger partial charge on any atom is -0.379 e. The van der Waals surface area contributed by atoms with Crippen molar-refractivity contribution in [2.45, 2.75) is 26.4 Å². The molecule has 4 nitrogen and oxygen atoms in total. The van der Waals surface area contributed by atoms with Gasteiger partial charge in [0.05, 0.1) is 17.4 Å². The van der Waals surface area contributed by atoms with Crippen molar-refractivity contribution in [3.05, 3.63) is 53.4 Å². The van der Waals surface area contributed by atoms with Crippen LogP contribution in [0.15, 0.2) is 42.9 Å². The van der Waals surface area contributed by atoms with Gasteiger partial charge >= 0.3 is 0 Å². The summed E-state index contributed by atoms with van der Waals surface area (Å²) in [5.41, 5.74) is 3.00. The first-order valence-corrected chi connectivity index (χ1v) is 7.32. The van der Waals surface area contributed by atoms with Gasteiger partial charge < -0.3 is 5.32 Å². The van der Waals surface area contributed by atoms with Crippen molar-refractivity contribution in [1.29, 1.82) is 0 Å². The van der Waals surface area contributed by atoms with Gasteiger partial charge in [0.25, 0.3) is 0 Å². The van der Waals surface area contributed by atoms with Crippen LogP contribution in [-0.2, 0) is 6.54 Å². The molecule has 0 amide bonds. The van der Waals surface area contributed by atoms with Gasteiger partial charge in [-0.15, -0.1) is 0 Å². The molecular formula is C16H17ClN4. The van der Waals surface area contributed by atoms with E-state index in [1.54, 1.807) is 6.20 Å². The monoisotopic (exact) mass is 300 g/mol. The molecule has 0 fully saturated rings. The molecule has 2 heterocycles. The number of benzene rings is 1. The van der Waals surface area contributed by atoms with Crippen LogP contribution in [-0.4, -0.2) is 14.8 Å². The number of hydrogen-bond acceptors (Lipinski definition) is 3. The summed E-state index contributed by atoms with van der Waals surface area (Å²) >= 11 is 6.17. The fourth-order valence-electron chi connectivity index (χ4n) is 2.24. The highest BCUT2D eigenvalue weighted by Crippen LogP contribution is 2.26. The number of aromatic nitrogens is 3. The molecule has 0 aliphatic carbocycles. The lowest BCUT2D eigenvalue weighted by Crippen LogP contribution is -2.01. The van der Waals surface area contributed by atoms with Gasteiger partial charge in [-0.2, -0.15) is 5.10 Å². The second-order valence-electron chi connectivity index (χ2n) is 5.30. The largest absolute Gasteiger partial charge is 0.379 e. The van der Waals surface area contributed by atoms with E-state index in [2.05, 4.69) is 35.4 Å². The second kappa shape index (κ2) is 5.74. The molecule has 0 saturated heterocycles. The number of anilines is 1. The van der Waals surface area contributed by atoms with Crippen LogP contribution in [0.5, 0.6) is 0 Å². The van der Waals surface area contributed by atoms with Crippen molar-refractivity contribution < 1.29 is 0 Å². The zero-order valence-corrected chi connectivity index (χ0v) is 12.8. The van der Waals surface area contributed by atoms with Crippen molar-refractivity contribution in [2.24, 2.45) is 0 Å². The van der Waals surface area contributed by atoms with E-state index in [9.17, 15) is 0 Å². The Morgan fingerprint density at radius 3 is 2.95 bits per heavy atom. The van der Waals surface area contributed by atoms with Gasteiger partial charge in [0.2, 0.25) is 0 Å². The summed E-state index contributed by atoms with van der Waals surface area (Å²) in [6.45, 7) is 4.91. The lowest BCUT2D eigenvalue weighted by atomic mass is 10.2. The number of hydrogen-bond donors (Lipinski definition) is 1. The van der Waals surface area contributed by atoms with E-state index in [-0.39, 0.29) is 0 Å². The van der Waals surface area contributed by atoms with E-state index in [0.29, 0.717) is 17.6 Å². The average molecular weight is 301 g/mol. The summed E-state index contributed by atoms with van der Waals surface area (Å²) in [5, 5.41) is 9.48. The van der Waals surface area contributed by atoms with Crippen LogP contribution in [0.1, 0.15) is 25.5 Å². The van der Waals surface area contributed by atoms with Crippen LogP contribution in [0.3, 0.4) is 0 Å². The molecule has 21 heavy (non-hydrogen) atoms. The van der Waals surface area contributed by atoms with E-state index >= 15 is 0 Å². The summed E-state index contributed by atoms with van der Waals surface area (Å²) in [5.74, 6) is 0. The lowest BCUT2D eigenvalue weighted by Gasteiger charge is -2.09. The summed E-state index contributed by atoms with van der Waals surface area (Å²) in [6.07, 6.45) is 5.73. The van der Waals surface area contributed by atoms with E-state index in [4.69, 9.17) is 11.6 Å². The van der Waals surface area contributed by atoms with Gasteiger partial charge in [-0.3, -0.25) is 9.67 Å². The quantitative estimate of drug-likeness (QED) is 0.782. The predicted molar refractivity (Wildman–Crippen MR) is 86.7 cm³/mol. The molecule has 0 bridgehead atoms. The fraction of sp³-hybridized carbons (Fsp3) is 0.250. The van der Waals surface area contributed by atoms with Gasteiger partial charge in [-0.05, 0) is 32.0 Å². The molecule has 0 unspecified atom stereocenters. The SMILES string of the molecule is CC(C)n1cc(CNc2cc(Cl)cc3cccnc23)cn1. The number of nitrogens with one attached hydrogen (secondary N) is 1. The molecule has 0 atom stereocenters. The molecule has 1 aromatic carbocycles. The van der Waals surface area contributed by atoms with Crippen LogP contribution in [0, 0.1) is 0 Å². The van der Waals surface area contributed by atoms with Gasteiger partial charge in [-0.1, -0.05) is 17.7 Å². The molecule has 2 aromatic heterocycles. The zero-order chi connectivity index (χ0) is 14.8. The van der Waals surface area contributed by atoms with E-state index in [1.807, 2.05) is 35.1 Å². The molecule has 0 spiro atoms. The zero-order valence-electron chi connectivity index (χ0n) is 12.0. The summed E-state index contributed by atoms with van der Waals surface area (Å²) < 4.78 is 1.95. The third-order valence-corrected chi connectivity index (χ3v) is 3.55. The number of fused-ring (bicyclic) bond motifs is 1. The maximum absolute atomic E-state index is 6.17.